The van der Waals surface area contributed by atoms with Crippen LogP contribution in [0.3, 0.4) is 0 Å². The third-order valence-electron chi connectivity index (χ3n) is 4.84. The normalized spacial score (nSPS) is 25.3. The highest BCUT2D eigenvalue weighted by molar-refractivity contribution is 7.91. The fraction of sp³-hybridized carbons (Fsp3) is 0.588. The number of carbonyl (C=O) groups excluding carboxylic acids is 1. The second-order valence-electron chi connectivity index (χ2n) is 6.51. The van der Waals surface area contributed by atoms with Gasteiger partial charge in [-0.3, -0.25) is 9.69 Å². The Hall–Kier alpha value is -1.40. The molecule has 2 atom stereocenters. The lowest BCUT2D eigenvalue weighted by molar-refractivity contribution is -0.124. The Morgan fingerprint density at radius 3 is 2.52 bits per heavy atom. The standard InChI is InChI=1S/C17H24N2O3S/c20-17(15-8-11-23(21,22)13-15)18-12-16(19-9-4-5-10-19)14-6-2-1-3-7-14/h1-3,6-7,15-16H,4-5,8-13H2,(H,18,20)/t15-,16+/m1/s1. The average Bonchev–Trinajstić information content (AvgIpc) is 3.18. The molecular weight excluding hydrogens is 312 g/mol. The second-order valence-corrected chi connectivity index (χ2v) is 8.74. The van der Waals surface area contributed by atoms with Crippen molar-refractivity contribution in [1.29, 1.82) is 0 Å². The molecule has 126 valence electrons. The number of carbonyl (C=O) groups is 1. The molecule has 0 radical (unpaired) electrons. The molecule has 3 rings (SSSR count). The maximum atomic E-state index is 12.3. The summed E-state index contributed by atoms with van der Waals surface area (Å²) in [4.78, 5) is 14.7. The summed E-state index contributed by atoms with van der Waals surface area (Å²) >= 11 is 0. The van der Waals surface area contributed by atoms with Crippen LogP contribution >= 0.6 is 0 Å². The lowest BCUT2D eigenvalue weighted by Crippen LogP contribution is -2.39. The van der Waals surface area contributed by atoms with Gasteiger partial charge in [-0.15, -0.1) is 0 Å². The molecule has 0 aliphatic carbocycles. The van der Waals surface area contributed by atoms with Crippen molar-refractivity contribution in [2.75, 3.05) is 31.1 Å². The van der Waals surface area contributed by atoms with E-state index >= 15 is 0 Å². The fourth-order valence-electron chi connectivity index (χ4n) is 3.53. The van der Waals surface area contributed by atoms with E-state index in [0.29, 0.717) is 13.0 Å². The Bertz CT molecular complexity index is 639. The molecule has 2 aliphatic rings. The summed E-state index contributed by atoms with van der Waals surface area (Å²) in [5.41, 5.74) is 1.20. The number of hydrogen-bond donors (Lipinski definition) is 1. The van der Waals surface area contributed by atoms with Gasteiger partial charge in [-0.2, -0.15) is 0 Å². The summed E-state index contributed by atoms with van der Waals surface area (Å²) in [5.74, 6) is -0.362. The summed E-state index contributed by atoms with van der Waals surface area (Å²) in [5, 5.41) is 2.99. The van der Waals surface area contributed by atoms with Gasteiger partial charge < -0.3 is 5.32 Å². The third kappa shape index (κ3) is 4.12. The van der Waals surface area contributed by atoms with Crippen LogP contribution in [0.2, 0.25) is 0 Å². The SMILES string of the molecule is O=C(NC[C@@H](c1ccccc1)N1CCCC1)[C@@H]1CCS(=O)(=O)C1. The molecule has 0 aromatic heterocycles. The fourth-order valence-corrected chi connectivity index (χ4v) is 5.27. The van der Waals surface area contributed by atoms with E-state index in [9.17, 15) is 13.2 Å². The molecule has 6 heteroatoms. The molecule has 2 heterocycles. The van der Waals surface area contributed by atoms with Crippen molar-refractivity contribution in [3.05, 3.63) is 35.9 Å². The first-order chi connectivity index (χ1) is 11.1. The van der Waals surface area contributed by atoms with Gasteiger partial charge in [0.15, 0.2) is 9.84 Å². The van der Waals surface area contributed by atoms with Gasteiger partial charge in [-0.1, -0.05) is 30.3 Å². The zero-order chi connectivity index (χ0) is 16.3. The van der Waals surface area contributed by atoms with E-state index in [-0.39, 0.29) is 29.4 Å². The van der Waals surface area contributed by atoms with Crippen LogP contribution in [0, 0.1) is 5.92 Å². The van der Waals surface area contributed by atoms with Crippen molar-refractivity contribution in [2.45, 2.75) is 25.3 Å². The first kappa shape index (κ1) is 16.5. The summed E-state index contributed by atoms with van der Waals surface area (Å²) in [6.45, 7) is 2.64. The Morgan fingerprint density at radius 2 is 1.91 bits per heavy atom. The van der Waals surface area contributed by atoms with Gasteiger partial charge in [0, 0.05) is 6.54 Å². The lowest BCUT2D eigenvalue weighted by Gasteiger charge is -2.28. The van der Waals surface area contributed by atoms with Crippen LogP contribution in [0.25, 0.3) is 0 Å². The maximum absolute atomic E-state index is 12.3. The van der Waals surface area contributed by atoms with Crippen LogP contribution in [-0.4, -0.2) is 50.4 Å². The molecule has 0 bridgehead atoms. The molecule has 0 spiro atoms. The number of nitrogens with one attached hydrogen (secondary N) is 1. The number of hydrogen-bond acceptors (Lipinski definition) is 4. The van der Waals surface area contributed by atoms with E-state index in [2.05, 4.69) is 22.3 Å². The molecule has 1 N–H and O–H groups in total. The minimum Gasteiger partial charge on any atom is -0.354 e. The van der Waals surface area contributed by atoms with E-state index in [1.807, 2.05) is 18.2 Å². The molecule has 5 nitrogen and oxygen atoms in total. The average molecular weight is 336 g/mol. The van der Waals surface area contributed by atoms with Gasteiger partial charge >= 0.3 is 0 Å². The van der Waals surface area contributed by atoms with E-state index in [1.54, 1.807) is 0 Å². The van der Waals surface area contributed by atoms with E-state index in [1.165, 1.54) is 18.4 Å². The van der Waals surface area contributed by atoms with Crippen molar-refractivity contribution < 1.29 is 13.2 Å². The van der Waals surface area contributed by atoms with Crippen molar-refractivity contribution in [2.24, 2.45) is 5.92 Å². The molecule has 23 heavy (non-hydrogen) atoms. The number of sulfone groups is 1. The number of rotatable bonds is 5. The maximum Gasteiger partial charge on any atom is 0.224 e. The first-order valence-corrected chi connectivity index (χ1v) is 10.1. The Balaban J connectivity index is 1.64. The molecule has 2 fully saturated rings. The quantitative estimate of drug-likeness (QED) is 0.882. The molecule has 1 aromatic carbocycles. The summed E-state index contributed by atoms with van der Waals surface area (Å²) in [6.07, 6.45) is 2.84. The lowest BCUT2D eigenvalue weighted by atomic mass is 10.0. The van der Waals surface area contributed by atoms with Crippen LogP contribution in [0.4, 0.5) is 0 Å². The Kier molecular flexibility index (Phi) is 5.02. The Labute approximate surface area is 138 Å². The van der Waals surface area contributed by atoms with Gasteiger partial charge in [0.25, 0.3) is 0 Å². The molecular formula is C17H24N2O3S. The highest BCUT2D eigenvalue weighted by Crippen LogP contribution is 2.25. The van der Waals surface area contributed by atoms with Gasteiger partial charge in [-0.05, 0) is 37.9 Å². The van der Waals surface area contributed by atoms with Crippen LogP contribution < -0.4 is 5.32 Å². The topological polar surface area (TPSA) is 66.5 Å². The number of benzene rings is 1. The first-order valence-electron chi connectivity index (χ1n) is 8.32. The highest BCUT2D eigenvalue weighted by Gasteiger charge is 2.33. The zero-order valence-electron chi connectivity index (χ0n) is 13.3. The van der Waals surface area contributed by atoms with Crippen molar-refractivity contribution in [3.8, 4) is 0 Å². The summed E-state index contributed by atoms with van der Waals surface area (Å²) in [6, 6.07) is 10.4. The molecule has 2 saturated heterocycles. The molecule has 0 saturated carbocycles. The molecule has 2 aliphatic heterocycles. The van der Waals surface area contributed by atoms with Crippen molar-refractivity contribution in [1.82, 2.24) is 10.2 Å². The largest absolute Gasteiger partial charge is 0.354 e. The van der Waals surface area contributed by atoms with Crippen LogP contribution in [0.1, 0.15) is 30.9 Å². The third-order valence-corrected chi connectivity index (χ3v) is 6.61. The number of amides is 1. The monoisotopic (exact) mass is 336 g/mol. The highest BCUT2D eigenvalue weighted by atomic mass is 32.2. The van der Waals surface area contributed by atoms with Crippen LogP contribution in [0.15, 0.2) is 30.3 Å². The predicted octanol–water partition coefficient (Wildman–Crippen LogP) is 1.37. The summed E-state index contributed by atoms with van der Waals surface area (Å²) < 4.78 is 23.1. The van der Waals surface area contributed by atoms with Crippen LogP contribution in [-0.2, 0) is 14.6 Å². The minimum atomic E-state index is -3.02. The molecule has 0 unspecified atom stereocenters. The van der Waals surface area contributed by atoms with Gasteiger partial charge in [0.05, 0.1) is 23.5 Å². The summed E-state index contributed by atoms with van der Waals surface area (Å²) in [7, 11) is -3.02. The zero-order valence-corrected chi connectivity index (χ0v) is 14.1. The van der Waals surface area contributed by atoms with E-state index in [0.717, 1.165) is 13.1 Å². The van der Waals surface area contributed by atoms with Crippen molar-refractivity contribution >= 4 is 15.7 Å². The van der Waals surface area contributed by atoms with Gasteiger partial charge in [-0.25, -0.2) is 8.42 Å². The van der Waals surface area contributed by atoms with E-state index < -0.39 is 9.84 Å². The van der Waals surface area contributed by atoms with Crippen LogP contribution in [0.5, 0.6) is 0 Å². The Morgan fingerprint density at radius 1 is 1.22 bits per heavy atom. The predicted molar refractivity (Wildman–Crippen MR) is 89.8 cm³/mol. The smallest absolute Gasteiger partial charge is 0.224 e. The molecule has 1 aromatic rings. The minimum absolute atomic E-state index is 0.00144. The van der Waals surface area contributed by atoms with E-state index in [4.69, 9.17) is 0 Å². The second kappa shape index (κ2) is 7.01. The van der Waals surface area contributed by atoms with Crippen molar-refractivity contribution in [3.63, 3.8) is 0 Å². The van der Waals surface area contributed by atoms with Gasteiger partial charge in [0.2, 0.25) is 5.91 Å². The van der Waals surface area contributed by atoms with Gasteiger partial charge in [0.1, 0.15) is 0 Å². The number of likely N-dealkylation sites (tertiary alicyclic amines) is 1. The number of nitrogens with zero attached hydrogens (tertiary/aromatic N) is 1. The molecule has 1 amide bonds.